The van der Waals surface area contributed by atoms with Gasteiger partial charge in [0.05, 0.1) is 42.0 Å². The highest BCUT2D eigenvalue weighted by Gasteiger charge is 2.58. The fourth-order valence-electron chi connectivity index (χ4n) is 10.4. The standard InChI is InChI=1S/C49H82N4O12/c1-14-19-52-27-49(58)33(8)61-39(24-47(49,10)59-13)64-40-30(5)43(46(9,56)23-28(3)25-53-32(7)42(54)48(11,57)38(15-2)63-44(55)31(40)6)65-45-41(37(50-12)21-29(4)60-45)62-36-17-16-34-18-20-51-26-35(34)22-36/h16-18,20,22,26,28-33,37-43,45,50,52-54,56-58H,14-15,19,21,23-25,27H2,1-13H3/t28-,29-,30+,31-,32-,33+,37+,38-,39+,40+,41-,42-,43-,45+,46-,47-,48-,49+/m1/s1. The molecule has 1 aromatic carbocycles. The van der Waals surface area contributed by atoms with Gasteiger partial charge in [-0.3, -0.25) is 9.78 Å². The number of hydrogen-bond donors (Lipinski definition) is 7. The fourth-order valence-corrected chi connectivity index (χ4v) is 10.4. The summed E-state index contributed by atoms with van der Waals surface area (Å²) in [7, 11) is 3.42. The van der Waals surface area contributed by atoms with Crippen molar-refractivity contribution >= 4 is 16.7 Å². The van der Waals surface area contributed by atoms with Crippen molar-refractivity contribution in [3.63, 3.8) is 0 Å². The molecule has 0 spiro atoms. The van der Waals surface area contributed by atoms with E-state index in [0.29, 0.717) is 25.3 Å². The van der Waals surface area contributed by atoms with Gasteiger partial charge in [-0.25, -0.2) is 0 Å². The van der Waals surface area contributed by atoms with Crippen LogP contribution in [0.25, 0.3) is 10.8 Å². The summed E-state index contributed by atoms with van der Waals surface area (Å²) >= 11 is 0. The van der Waals surface area contributed by atoms with Crippen molar-refractivity contribution in [2.24, 2.45) is 17.8 Å². The maximum Gasteiger partial charge on any atom is 0.311 e. The summed E-state index contributed by atoms with van der Waals surface area (Å²) < 4.78 is 46.3. The van der Waals surface area contributed by atoms with Gasteiger partial charge in [0.15, 0.2) is 18.7 Å². The van der Waals surface area contributed by atoms with Crippen LogP contribution in [0.4, 0.5) is 0 Å². The van der Waals surface area contributed by atoms with E-state index in [9.17, 15) is 25.2 Å². The van der Waals surface area contributed by atoms with Crippen molar-refractivity contribution < 1.29 is 58.4 Å². The first kappa shape index (κ1) is 53.4. The summed E-state index contributed by atoms with van der Waals surface area (Å²) in [5, 5.41) is 60.4. The van der Waals surface area contributed by atoms with Crippen molar-refractivity contribution in [1.29, 1.82) is 0 Å². The highest BCUT2D eigenvalue weighted by Crippen LogP contribution is 2.43. The number of rotatable bonds is 13. The van der Waals surface area contributed by atoms with Crippen LogP contribution in [-0.2, 0) is 33.2 Å². The minimum absolute atomic E-state index is 0.0917. The molecule has 3 saturated heterocycles. The summed E-state index contributed by atoms with van der Waals surface area (Å²) in [4.78, 5) is 18.9. The Labute approximate surface area is 387 Å². The van der Waals surface area contributed by atoms with Gasteiger partial charge in [-0.05, 0) is 124 Å². The number of fused-ring (bicyclic) bond motifs is 1. The summed E-state index contributed by atoms with van der Waals surface area (Å²) in [6, 6.07) is 6.91. The predicted molar refractivity (Wildman–Crippen MR) is 247 cm³/mol. The van der Waals surface area contributed by atoms with E-state index >= 15 is 0 Å². The minimum atomic E-state index is -1.83. The van der Waals surface area contributed by atoms with E-state index in [1.165, 1.54) is 6.92 Å². The van der Waals surface area contributed by atoms with Crippen LogP contribution in [0.15, 0.2) is 36.7 Å². The molecule has 0 radical (unpaired) electrons. The van der Waals surface area contributed by atoms with E-state index < -0.39 is 95.5 Å². The zero-order valence-electron chi connectivity index (χ0n) is 41.2. The van der Waals surface area contributed by atoms with Gasteiger partial charge >= 0.3 is 5.97 Å². The smallest absolute Gasteiger partial charge is 0.311 e. The number of likely N-dealkylation sites (N-methyl/N-ethyl adjacent to an activating group) is 1. The summed E-state index contributed by atoms with van der Waals surface area (Å²) in [5.74, 6) is -2.09. The van der Waals surface area contributed by atoms with Crippen LogP contribution < -0.4 is 20.7 Å². The molecule has 3 aliphatic rings. The number of pyridine rings is 1. The van der Waals surface area contributed by atoms with Gasteiger partial charge in [-0.2, -0.15) is 0 Å². The molecule has 0 saturated carbocycles. The predicted octanol–water partition coefficient (Wildman–Crippen LogP) is 4.22. The first-order valence-corrected chi connectivity index (χ1v) is 23.9. The van der Waals surface area contributed by atoms with Crippen LogP contribution >= 0.6 is 0 Å². The molecule has 5 rings (SSSR count). The second-order valence-corrected chi connectivity index (χ2v) is 20.0. The quantitative estimate of drug-likeness (QED) is 0.111. The van der Waals surface area contributed by atoms with E-state index in [1.807, 2.05) is 65.9 Å². The summed E-state index contributed by atoms with van der Waals surface area (Å²) in [6.07, 6.45) is -2.71. The Morgan fingerprint density at radius 3 is 2.34 bits per heavy atom. The molecule has 7 N–H and O–H groups in total. The maximum absolute atomic E-state index is 14.6. The van der Waals surface area contributed by atoms with Gasteiger partial charge in [0.2, 0.25) is 0 Å². The minimum Gasteiger partial charge on any atom is -0.483 e. The average molecular weight is 919 g/mol. The number of nitrogens with zero attached hydrogens (tertiary/aromatic N) is 1. The summed E-state index contributed by atoms with van der Waals surface area (Å²) in [6.45, 7) is 21.2. The third kappa shape index (κ3) is 12.0. The number of carbonyl (C=O) groups excluding carboxylic acids is 1. The first-order chi connectivity index (χ1) is 30.5. The maximum atomic E-state index is 14.6. The van der Waals surface area contributed by atoms with E-state index in [-0.39, 0.29) is 43.9 Å². The number of aromatic nitrogens is 1. The van der Waals surface area contributed by atoms with Gasteiger partial charge in [0.1, 0.15) is 34.8 Å². The van der Waals surface area contributed by atoms with Crippen molar-refractivity contribution in [1.82, 2.24) is 20.9 Å². The Kier molecular flexibility index (Phi) is 18.3. The molecule has 0 bridgehead atoms. The molecule has 1 aromatic heterocycles. The largest absolute Gasteiger partial charge is 0.483 e. The Morgan fingerprint density at radius 2 is 1.68 bits per heavy atom. The average Bonchev–Trinajstić information content (AvgIpc) is 3.26. The van der Waals surface area contributed by atoms with Crippen LogP contribution in [0, 0.1) is 17.8 Å². The molecular weight excluding hydrogens is 837 g/mol. The number of methoxy groups -OCH3 is 1. The second kappa shape index (κ2) is 22.2. The zero-order chi connectivity index (χ0) is 48.1. The number of hydrogen-bond acceptors (Lipinski definition) is 16. The van der Waals surface area contributed by atoms with Crippen LogP contribution in [0.5, 0.6) is 5.75 Å². The van der Waals surface area contributed by atoms with Gasteiger partial charge < -0.3 is 69.5 Å². The number of carbonyl (C=O) groups is 1. The van der Waals surface area contributed by atoms with Crippen molar-refractivity contribution in [2.75, 3.05) is 33.8 Å². The van der Waals surface area contributed by atoms with E-state index in [1.54, 1.807) is 54.1 Å². The van der Waals surface area contributed by atoms with E-state index in [2.05, 4.69) is 20.9 Å². The fraction of sp³-hybridized carbons (Fsp3) is 0.796. The van der Waals surface area contributed by atoms with Gasteiger partial charge in [-0.1, -0.05) is 33.8 Å². The molecule has 4 heterocycles. The van der Waals surface area contributed by atoms with Crippen molar-refractivity contribution in [3.05, 3.63) is 36.7 Å². The molecule has 65 heavy (non-hydrogen) atoms. The molecule has 0 unspecified atom stereocenters. The lowest BCUT2D eigenvalue weighted by atomic mass is 9.75. The molecule has 18 atom stereocenters. The van der Waals surface area contributed by atoms with Crippen LogP contribution in [-0.4, -0.2) is 155 Å². The number of aliphatic hydroxyl groups is 4. The monoisotopic (exact) mass is 919 g/mol. The number of aliphatic hydroxyl groups excluding tert-OH is 1. The molecule has 370 valence electrons. The second-order valence-electron chi connectivity index (χ2n) is 20.0. The number of benzene rings is 1. The molecule has 3 fully saturated rings. The Bertz CT molecular complexity index is 1820. The lowest BCUT2D eigenvalue weighted by molar-refractivity contribution is -0.335. The molecule has 0 aliphatic carbocycles. The molecular formula is C49H82N4O12. The lowest BCUT2D eigenvalue weighted by Crippen LogP contribution is -2.70. The highest BCUT2D eigenvalue weighted by atomic mass is 16.7. The highest BCUT2D eigenvalue weighted by molar-refractivity contribution is 5.82. The lowest BCUT2D eigenvalue weighted by Gasteiger charge is -2.53. The molecule has 16 heteroatoms. The molecule has 2 aromatic rings. The van der Waals surface area contributed by atoms with E-state index in [0.717, 1.165) is 17.2 Å². The van der Waals surface area contributed by atoms with Crippen LogP contribution in [0.3, 0.4) is 0 Å². The normalized spacial score (nSPS) is 42.8. The van der Waals surface area contributed by atoms with Crippen molar-refractivity contribution in [2.45, 2.75) is 198 Å². The van der Waals surface area contributed by atoms with Crippen LogP contribution in [0.1, 0.15) is 108 Å². The first-order valence-electron chi connectivity index (χ1n) is 23.9. The zero-order valence-corrected chi connectivity index (χ0v) is 41.2. The third-order valence-electron chi connectivity index (χ3n) is 14.6. The Balaban J connectivity index is 1.60. The summed E-state index contributed by atoms with van der Waals surface area (Å²) in [5.41, 5.74) is -6.01. The number of ether oxygens (including phenoxy) is 7. The van der Waals surface area contributed by atoms with Gasteiger partial charge in [-0.15, -0.1) is 0 Å². The van der Waals surface area contributed by atoms with Gasteiger partial charge in [0.25, 0.3) is 0 Å². The Morgan fingerprint density at radius 1 is 0.954 bits per heavy atom. The number of nitrogens with one attached hydrogen (secondary N) is 3. The van der Waals surface area contributed by atoms with Gasteiger partial charge in [0, 0.05) is 49.8 Å². The van der Waals surface area contributed by atoms with Crippen LogP contribution in [0.2, 0.25) is 0 Å². The molecule has 0 amide bonds. The van der Waals surface area contributed by atoms with E-state index in [4.69, 9.17) is 33.2 Å². The SMILES string of the molecule is CCCNC[C@]1(O)[C@H](C)O[C@@H](O[C@H]2[C@H](C)[C@@H](O[C@@H]3O[C@H](C)C[C@H](NC)[C@H]3Oc3ccc4ccncc4c3)[C@](C)(O)C[C@@H](C)CN[C@H](C)[C@@H](O)[C@](C)(O)[C@@H](CC)OC(=O)[C@@H]2C)C[C@@]1(C)OC. The van der Waals surface area contributed by atoms with Crippen molar-refractivity contribution in [3.8, 4) is 5.75 Å². The number of cyclic esters (lactones) is 1. The molecule has 3 aliphatic heterocycles. The Hall–Kier alpha value is -2.58. The number of esters is 1. The topological polar surface area (TPSA) is 212 Å². The molecule has 16 nitrogen and oxygen atoms in total. The third-order valence-corrected chi connectivity index (χ3v) is 14.6.